The van der Waals surface area contributed by atoms with E-state index in [9.17, 15) is 18.0 Å². The van der Waals surface area contributed by atoms with E-state index in [1.807, 2.05) is 0 Å². The second-order valence-corrected chi connectivity index (χ2v) is 5.29. The molecule has 1 saturated heterocycles. The van der Waals surface area contributed by atoms with Crippen LogP contribution in [0.25, 0.3) is 0 Å². The Kier molecular flexibility index (Phi) is 3.69. The maximum atomic E-state index is 12.0. The molecule has 0 aromatic heterocycles. The number of hydroxylamine groups is 2. The van der Waals surface area contributed by atoms with Gasteiger partial charge in [-0.05, 0) is 6.08 Å². The van der Waals surface area contributed by atoms with Crippen LogP contribution in [0.4, 0.5) is 4.79 Å². The summed E-state index contributed by atoms with van der Waals surface area (Å²) in [6.45, 7) is 0.117. The number of methoxy groups -OCH3 is 1. The summed E-state index contributed by atoms with van der Waals surface area (Å²) < 4.78 is 39.4. The average molecular weight is 307 g/mol. The van der Waals surface area contributed by atoms with Crippen LogP contribution in [0.15, 0.2) is 11.6 Å². The van der Waals surface area contributed by atoms with Gasteiger partial charge in [0.1, 0.15) is 6.04 Å². The van der Waals surface area contributed by atoms with Gasteiger partial charge < -0.3 is 15.4 Å². The van der Waals surface area contributed by atoms with Crippen LogP contribution >= 0.6 is 0 Å². The molecule has 20 heavy (non-hydrogen) atoms. The van der Waals surface area contributed by atoms with Crippen molar-refractivity contribution in [2.45, 2.75) is 12.1 Å². The number of ether oxygens (including phenoxy) is 1. The van der Waals surface area contributed by atoms with Crippen molar-refractivity contribution in [3.05, 3.63) is 11.6 Å². The molecule has 2 aliphatic heterocycles. The molecule has 0 saturated carbocycles. The third-order valence-electron chi connectivity index (χ3n) is 3.01. The first-order valence-corrected chi connectivity index (χ1v) is 6.88. The van der Waals surface area contributed by atoms with Crippen LogP contribution < -0.4 is 5.73 Å². The van der Waals surface area contributed by atoms with Gasteiger partial charge in [-0.2, -0.15) is 13.5 Å². The van der Waals surface area contributed by atoms with Gasteiger partial charge in [-0.25, -0.2) is 4.79 Å². The first-order valence-electron chi connectivity index (χ1n) is 5.52. The van der Waals surface area contributed by atoms with Crippen LogP contribution in [0, 0.1) is 0 Å². The maximum Gasteiger partial charge on any atom is 0.418 e. The van der Waals surface area contributed by atoms with Crippen molar-refractivity contribution >= 4 is 22.3 Å². The second kappa shape index (κ2) is 5.01. The molecule has 0 aliphatic carbocycles. The summed E-state index contributed by atoms with van der Waals surface area (Å²) in [6, 6.07) is -2.36. The number of nitrogens with two attached hydrogens (primary N) is 1. The number of fused-ring (bicyclic) bond motifs is 2. The average Bonchev–Trinajstić information content (AvgIpc) is 2.57. The zero-order chi connectivity index (χ0) is 15.1. The van der Waals surface area contributed by atoms with Gasteiger partial charge in [-0.15, -0.1) is 4.28 Å². The van der Waals surface area contributed by atoms with Gasteiger partial charge >= 0.3 is 16.4 Å². The molecule has 2 bridgehead atoms. The Bertz CT molecular complexity index is 572. The number of primary amides is 1. The molecule has 10 nitrogen and oxygen atoms in total. The van der Waals surface area contributed by atoms with Crippen LogP contribution in [-0.4, -0.2) is 67.2 Å². The highest BCUT2D eigenvalue weighted by atomic mass is 32.3. The van der Waals surface area contributed by atoms with Crippen LogP contribution in [0.5, 0.6) is 0 Å². The van der Waals surface area contributed by atoms with E-state index in [0.717, 1.165) is 0 Å². The normalized spacial score (nSPS) is 25.9. The van der Waals surface area contributed by atoms with E-state index >= 15 is 0 Å². The van der Waals surface area contributed by atoms with Crippen LogP contribution in [-0.2, 0) is 24.2 Å². The maximum absolute atomic E-state index is 12.0. The quantitative estimate of drug-likeness (QED) is 0.575. The van der Waals surface area contributed by atoms with Gasteiger partial charge in [-0.1, -0.05) is 0 Å². The van der Waals surface area contributed by atoms with Gasteiger partial charge in [0.05, 0.1) is 19.2 Å². The van der Waals surface area contributed by atoms with E-state index in [2.05, 4.69) is 4.28 Å². The zero-order valence-electron chi connectivity index (χ0n) is 10.4. The van der Waals surface area contributed by atoms with E-state index in [4.69, 9.17) is 15.0 Å². The highest BCUT2D eigenvalue weighted by Crippen LogP contribution is 2.30. The lowest BCUT2D eigenvalue weighted by molar-refractivity contribution is -0.116. The molecule has 112 valence electrons. The van der Waals surface area contributed by atoms with Crippen LogP contribution in [0.1, 0.15) is 0 Å². The first kappa shape index (κ1) is 14.7. The largest absolute Gasteiger partial charge is 0.418 e. The number of hydrogen-bond donors (Lipinski definition) is 2. The van der Waals surface area contributed by atoms with Gasteiger partial charge in [0, 0.05) is 12.7 Å². The Morgan fingerprint density at radius 1 is 1.60 bits per heavy atom. The Balaban J connectivity index is 2.36. The predicted octanol–water partition coefficient (Wildman–Crippen LogP) is -1.73. The standard InChI is InChI=1S/C9H13N3O7S/c1-18-4-5-2-6(8(10)13)7-3-11(5)9(14)12(7)19-20(15,16)17/h2,5,7H,3-4H2,1H3,(H2,10,13)(H,15,16,17). The van der Waals surface area contributed by atoms with Crippen molar-refractivity contribution in [3.8, 4) is 0 Å². The van der Waals surface area contributed by atoms with Crippen molar-refractivity contribution in [1.29, 1.82) is 0 Å². The summed E-state index contributed by atoms with van der Waals surface area (Å²) in [4.78, 5) is 24.7. The third kappa shape index (κ3) is 2.60. The summed E-state index contributed by atoms with van der Waals surface area (Å²) in [7, 11) is -3.48. The molecule has 2 atom stereocenters. The molecular weight excluding hydrogens is 294 g/mol. The fraction of sp³-hybridized carbons (Fsp3) is 0.556. The van der Waals surface area contributed by atoms with E-state index in [0.29, 0.717) is 5.06 Å². The fourth-order valence-corrected chi connectivity index (χ4v) is 2.62. The minimum Gasteiger partial charge on any atom is -0.382 e. The molecule has 0 radical (unpaired) electrons. The molecule has 3 N–H and O–H groups in total. The number of carbonyl (C=O) groups is 2. The lowest BCUT2D eigenvalue weighted by Crippen LogP contribution is -2.43. The Morgan fingerprint density at radius 2 is 2.25 bits per heavy atom. The number of nitrogens with zero attached hydrogens (tertiary/aromatic N) is 2. The topological polar surface area (TPSA) is 139 Å². The molecular formula is C9H13N3O7S. The molecule has 0 aromatic carbocycles. The highest BCUT2D eigenvalue weighted by molar-refractivity contribution is 7.80. The predicted molar refractivity (Wildman–Crippen MR) is 63.3 cm³/mol. The summed E-state index contributed by atoms with van der Waals surface area (Å²) in [5.74, 6) is -0.811. The third-order valence-corrected chi connectivity index (χ3v) is 3.36. The van der Waals surface area contributed by atoms with E-state index in [1.165, 1.54) is 18.1 Å². The van der Waals surface area contributed by atoms with Crippen LogP contribution in [0.3, 0.4) is 0 Å². The molecule has 2 rings (SSSR count). The molecule has 0 aromatic rings. The SMILES string of the molecule is COCC1C=C(C(N)=O)C2CN1C(=O)N2OS(=O)(=O)O. The number of rotatable bonds is 5. The van der Waals surface area contributed by atoms with Gasteiger partial charge in [0.2, 0.25) is 5.91 Å². The van der Waals surface area contributed by atoms with Crippen LogP contribution in [0.2, 0.25) is 0 Å². The van der Waals surface area contributed by atoms with Gasteiger partial charge in [0.25, 0.3) is 0 Å². The van der Waals surface area contributed by atoms with Crippen molar-refractivity contribution < 1.29 is 31.6 Å². The highest BCUT2D eigenvalue weighted by Gasteiger charge is 2.49. The summed E-state index contributed by atoms with van der Waals surface area (Å²) in [5.41, 5.74) is 5.24. The second-order valence-electron chi connectivity index (χ2n) is 4.29. The lowest BCUT2D eigenvalue weighted by Gasteiger charge is -2.27. The summed E-state index contributed by atoms with van der Waals surface area (Å²) >= 11 is 0. The monoisotopic (exact) mass is 307 g/mol. The zero-order valence-corrected chi connectivity index (χ0v) is 11.2. The first-order chi connectivity index (χ1) is 9.24. The molecule has 2 unspecified atom stereocenters. The fourth-order valence-electron chi connectivity index (χ4n) is 2.25. The Labute approximate surface area is 114 Å². The smallest absolute Gasteiger partial charge is 0.382 e. The Morgan fingerprint density at radius 3 is 2.75 bits per heavy atom. The van der Waals surface area contributed by atoms with Gasteiger partial charge in [-0.3, -0.25) is 9.35 Å². The Hall–Kier alpha value is -1.69. The number of amides is 3. The number of hydrogen-bond acceptors (Lipinski definition) is 6. The molecule has 3 amide bonds. The van der Waals surface area contributed by atoms with E-state index in [-0.39, 0.29) is 18.7 Å². The molecule has 2 aliphatic rings. The van der Waals surface area contributed by atoms with E-state index in [1.54, 1.807) is 0 Å². The summed E-state index contributed by atoms with van der Waals surface area (Å²) in [6.07, 6.45) is 1.42. The molecule has 2 heterocycles. The molecule has 1 fully saturated rings. The molecule has 0 spiro atoms. The van der Waals surface area contributed by atoms with Crippen molar-refractivity contribution in [1.82, 2.24) is 9.96 Å². The van der Waals surface area contributed by atoms with Crippen molar-refractivity contribution in [2.75, 3.05) is 20.3 Å². The van der Waals surface area contributed by atoms with Gasteiger partial charge in [0.15, 0.2) is 0 Å². The summed E-state index contributed by atoms with van der Waals surface area (Å²) in [5, 5.41) is 0.418. The lowest BCUT2D eigenvalue weighted by atomic mass is 10.00. The number of urea groups is 1. The number of carbonyl (C=O) groups excluding carboxylic acids is 2. The minimum atomic E-state index is -4.89. The van der Waals surface area contributed by atoms with Crippen molar-refractivity contribution in [2.24, 2.45) is 5.73 Å². The van der Waals surface area contributed by atoms with E-state index < -0.39 is 34.4 Å². The molecule has 11 heteroatoms. The van der Waals surface area contributed by atoms with Crippen molar-refractivity contribution in [3.63, 3.8) is 0 Å². The minimum absolute atomic E-state index is 0.0111.